The Bertz CT molecular complexity index is 602. The van der Waals surface area contributed by atoms with Gasteiger partial charge in [0.15, 0.2) is 0 Å². The molecule has 2 aromatic rings. The van der Waals surface area contributed by atoms with Gasteiger partial charge in [-0.25, -0.2) is 0 Å². The van der Waals surface area contributed by atoms with E-state index in [4.69, 9.17) is 5.73 Å². The lowest BCUT2D eigenvalue weighted by molar-refractivity contribution is 0.253. The maximum absolute atomic E-state index is 6.21. The molecule has 0 bridgehead atoms. The number of hydrogen-bond donors (Lipinski definition) is 1. The number of hydrogen-bond acceptors (Lipinski definition) is 4. The van der Waals surface area contributed by atoms with Crippen molar-refractivity contribution in [2.24, 2.45) is 0 Å². The number of aromatic nitrogens is 1. The van der Waals surface area contributed by atoms with Gasteiger partial charge in [-0.05, 0) is 39.0 Å². The first-order valence-electron chi connectivity index (χ1n) is 7.21. The van der Waals surface area contributed by atoms with E-state index >= 15 is 0 Å². The highest BCUT2D eigenvalue weighted by molar-refractivity contribution is 5.97. The molecule has 0 spiro atoms. The molecule has 3 rings (SSSR count). The molecule has 0 unspecified atom stereocenters. The van der Waals surface area contributed by atoms with Gasteiger partial charge in [0.25, 0.3) is 0 Å². The lowest BCUT2D eigenvalue weighted by Gasteiger charge is -2.37. The summed E-state index contributed by atoms with van der Waals surface area (Å²) in [5.41, 5.74) is 9.12. The number of pyridine rings is 1. The fourth-order valence-electron chi connectivity index (χ4n) is 3.10. The second kappa shape index (κ2) is 5.29. The summed E-state index contributed by atoms with van der Waals surface area (Å²) in [6.45, 7) is 2.30. The van der Waals surface area contributed by atoms with Crippen LogP contribution in [0.4, 0.5) is 11.4 Å². The Balaban J connectivity index is 1.98. The van der Waals surface area contributed by atoms with Crippen molar-refractivity contribution in [1.29, 1.82) is 0 Å². The van der Waals surface area contributed by atoms with E-state index in [1.807, 2.05) is 12.1 Å². The molecule has 0 saturated carbocycles. The van der Waals surface area contributed by atoms with Gasteiger partial charge in [-0.2, -0.15) is 0 Å². The van der Waals surface area contributed by atoms with Gasteiger partial charge >= 0.3 is 0 Å². The number of benzene rings is 1. The molecule has 2 N–H and O–H groups in total. The summed E-state index contributed by atoms with van der Waals surface area (Å²) < 4.78 is 0. The summed E-state index contributed by atoms with van der Waals surface area (Å²) in [5.74, 6) is 0. The van der Waals surface area contributed by atoms with Crippen LogP contribution in [0, 0.1) is 0 Å². The highest BCUT2D eigenvalue weighted by atomic mass is 15.2. The molecule has 0 amide bonds. The molecule has 4 heteroatoms. The van der Waals surface area contributed by atoms with Crippen LogP contribution in [0.5, 0.6) is 0 Å². The molecule has 1 saturated heterocycles. The fourth-order valence-corrected chi connectivity index (χ4v) is 3.10. The number of nitrogens with zero attached hydrogens (tertiary/aromatic N) is 3. The van der Waals surface area contributed by atoms with Gasteiger partial charge in [0.05, 0.1) is 23.1 Å². The fraction of sp³-hybridized carbons (Fsp3) is 0.438. The number of piperidine rings is 1. The summed E-state index contributed by atoms with van der Waals surface area (Å²) in [6, 6.07) is 8.78. The molecule has 1 aromatic heterocycles. The van der Waals surface area contributed by atoms with Crippen LogP contribution in [-0.4, -0.2) is 43.1 Å². The average molecular weight is 270 g/mol. The first kappa shape index (κ1) is 13.2. The molecule has 0 atom stereocenters. The highest BCUT2D eigenvalue weighted by Gasteiger charge is 2.23. The van der Waals surface area contributed by atoms with Crippen LogP contribution in [-0.2, 0) is 0 Å². The third-order valence-corrected chi connectivity index (χ3v) is 4.36. The Hall–Kier alpha value is -1.81. The van der Waals surface area contributed by atoms with Crippen LogP contribution in [0.3, 0.4) is 0 Å². The summed E-state index contributed by atoms with van der Waals surface area (Å²) >= 11 is 0. The number of nitrogens with two attached hydrogens (primary N) is 1. The lowest BCUT2D eigenvalue weighted by Crippen LogP contribution is -2.42. The van der Waals surface area contributed by atoms with Gasteiger partial charge in [0.1, 0.15) is 0 Å². The second-order valence-electron chi connectivity index (χ2n) is 5.72. The Labute approximate surface area is 120 Å². The van der Waals surface area contributed by atoms with E-state index in [1.165, 1.54) is 12.8 Å². The molecule has 0 radical (unpaired) electrons. The molecule has 106 valence electrons. The number of likely N-dealkylation sites (tertiary alicyclic amines) is 1. The second-order valence-corrected chi connectivity index (χ2v) is 5.72. The third-order valence-electron chi connectivity index (χ3n) is 4.36. The highest BCUT2D eigenvalue weighted by Crippen LogP contribution is 2.33. The first-order chi connectivity index (χ1) is 9.66. The van der Waals surface area contributed by atoms with Crippen molar-refractivity contribution < 1.29 is 0 Å². The largest absolute Gasteiger partial charge is 0.396 e. The normalized spacial score (nSPS) is 17.5. The lowest BCUT2D eigenvalue weighted by atomic mass is 10.0. The van der Waals surface area contributed by atoms with E-state index in [0.29, 0.717) is 6.04 Å². The van der Waals surface area contributed by atoms with Crippen molar-refractivity contribution in [1.82, 2.24) is 9.88 Å². The van der Waals surface area contributed by atoms with Crippen molar-refractivity contribution in [2.75, 3.05) is 37.8 Å². The van der Waals surface area contributed by atoms with Gasteiger partial charge in [-0.1, -0.05) is 18.2 Å². The topological polar surface area (TPSA) is 45.4 Å². The molecule has 1 fully saturated rings. The molecule has 20 heavy (non-hydrogen) atoms. The van der Waals surface area contributed by atoms with Gasteiger partial charge in [-0.15, -0.1) is 0 Å². The predicted octanol–water partition coefficient (Wildman–Crippen LogP) is 2.35. The zero-order chi connectivity index (χ0) is 14.1. The summed E-state index contributed by atoms with van der Waals surface area (Å²) in [7, 11) is 4.35. The SMILES string of the molecule is CN1CCC(N(C)c2c(N)cnc3ccccc23)CC1. The minimum Gasteiger partial charge on any atom is -0.396 e. The average Bonchev–Trinajstić information content (AvgIpc) is 2.47. The van der Waals surface area contributed by atoms with Crippen LogP contribution in [0.15, 0.2) is 30.5 Å². The van der Waals surface area contributed by atoms with Crippen LogP contribution in [0.1, 0.15) is 12.8 Å². The van der Waals surface area contributed by atoms with Crippen molar-refractivity contribution in [3.63, 3.8) is 0 Å². The van der Waals surface area contributed by atoms with Gasteiger partial charge in [-0.3, -0.25) is 4.98 Å². The van der Waals surface area contributed by atoms with Gasteiger partial charge in [0.2, 0.25) is 0 Å². The molecule has 1 aliphatic heterocycles. The van der Waals surface area contributed by atoms with E-state index in [0.717, 1.165) is 35.4 Å². The molecule has 0 aliphatic carbocycles. The maximum atomic E-state index is 6.21. The number of rotatable bonds is 2. The van der Waals surface area contributed by atoms with E-state index in [1.54, 1.807) is 6.20 Å². The minimum absolute atomic E-state index is 0.555. The number of nitrogen functional groups attached to an aromatic ring is 1. The molecular weight excluding hydrogens is 248 g/mol. The Morgan fingerprint density at radius 3 is 2.70 bits per heavy atom. The van der Waals surface area contributed by atoms with Crippen molar-refractivity contribution in [2.45, 2.75) is 18.9 Å². The number of para-hydroxylation sites is 1. The van der Waals surface area contributed by atoms with Gasteiger partial charge < -0.3 is 15.5 Å². The van der Waals surface area contributed by atoms with Crippen molar-refractivity contribution >= 4 is 22.3 Å². The zero-order valence-electron chi connectivity index (χ0n) is 12.2. The first-order valence-corrected chi connectivity index (χ1v) is 7.21. The smallest absolute Gasteiger partial charge is 0.0745 e. The molecule has 1 aromatic carbocycles. The van der Waals surface area contributed by atoms with E-state index in [9.17, 15) is 0 Å². The zero-order valence-corrected chi connectivity index (χ0v) is 12.2. The van der Waals surface area contributed by atoms with Crippen LogP contribution in [0.25, 0.3) is 10.9 Å². The standard InChI is InChI=1S/C16H22N4/c1-19-9-7-12(8-10-19)20(2)16-13-5-3-4-6-15(13)18-11-14(16)17/h3-6,11-12H,7-10,17H2,1-2H3. The molecule has 2 heterocycles. The van der Waals surface area contributed by atoms with Crippen LogP contribution >= 0.6 is 0 Å². The monoisotopic (exact) mass is 270 g/mol. The van der Waals surface area contributed by atoms with E-state index in [-0.39, 0.29) is 0 Å². The Kier molecular flexibility index (Phi) is 3.49. The molecule has 1 aliphatic rings. The molecular formula is C16H22N4. The maximum Gasteiger partial charge on any atom is 0.0745 e. The Morgan fingerprint density at radius 1 is 1.25 bits per heavy atom. The summed E-state index contributed by atoms with van der Waals surface area (Å²) in [5, 5.41) is 1.15. The van der Waals surface area contributed by atoms with Crippen LogP contribution < -0.4 is 10.6 Å². The summed E-state index contributed by atoms with van der Waals surface area (Å²) in [4.78, 5) is 9.16. The van der Waals surface area contributed by atoms with Crippen LogP contribution in [0.2, 0.25) is 0 Å². The summed E-state index contributed by atoms with van der Waals surface area (Å²) in [6.07, 6.45) is 4.15. The van der Waals surface area contributed by atoms with E-state index < -0.39 is 0 Å². The quantitative estimate of drug-likeness (QED) is 0.910. The van der Waals surface area contributed by atoms with Gasteiger partial charge in [0, 0.05) is 18.5 Å². The third kappa shape index (κ3) is 2.31. The van der Waals surface area contributed by atoms with Crippen molar-refractivity contribution in [3.05, 3.63) is 30.5 Å². The minimum atomic E-state index is 0.555. The molecule has 4 nitrogen and oxygen atoms in total. The Morgan fingerprint density at radius 2 is 1.95 bits per heavy atom. The predicted molar refractivity (Wildman–Crippen MR) is 85.1 cm³/mol. The number of anilines is 2. The number of fused-ring (bicyclic) bond motifs is 1. The van der Waals surface area contributed by atoms with Crippen molar-refractivity contribution in [3.8, 4) is 0 Å². The van der Waals surface area contributed by atoms with E-state index in [2.05, 4.69) is 41.0 Å².